The van der Waals surface area contributed by atoms with E-state index in [0.717, 1.165) is 44.8 Å². The van der Waals surface area contributed by atoms with Crippen molar-refractivity contribution in [2.75, 3.05) is 37.6 Å². The van der Waals surface area contributed by atoms with Crippen LogP contribution in [0.5, 0.6) is 0 Å². The zero-order valence-electron chi connectivity index (χ0n) is 18.2. The van der Waals surface area contributed by atoms with Crippen LogP contribution in [0, 0.1) is 0 Å². The van der Waals surface area contributed by atoms with E-state index in [2.05, 4.69) is 65.3 Å². The van der Waals surface area contributed by atoms with E-state index in [1.54, 1.807) is 0 Å². The molecule has 0 saturated carbocycles. The monoisotopic (exact) mass is 439 g/mol. The second kappa shape index (κ2) is 10.9. The van der Waals surface area contributed by atoms with Crippen LogP contribution < -0.4 is 4.90 Å². The minimum absolute atomic E-state index is 0.235. The Morgan fingerprint density at radius 3 is 2.03 bits per heavy atom. The molecule has 2 aliphatic rings. The maximum absolute atomic E-state index is 12.9. The Kier molecular flexibility index (Phi) is 7.97. The van der Waals surface area contributed by atoms with Crippen LogP contribution in [0.2, 0.25) is 0 Å². The third kappa shape index (κ3) is 6.15. The van der Waals surface area contributed by atoms with Crippen LogP contribution in [0.15, 0.2) is 54.6 Å². The predicted molar refractivity (Wildman–Crippen MR) is 121 cm³/mol. The molecule has 2 aromatic carbocycles. The molecule has 8 nitrogen and oxygen atoms in total. The maximum Gasteiger partial charge on any atom is 0.414 e. The summed E-state index contributed by atoms with van der Waals surface area (Å²) in [7, 11) is 0. The first kappa shape index (κ1) is 23.4. The van der Waals surface area contributed by atoms with Gasteiger partial charge in [-0.1, -0.05) is 48.5 Å². The van der Waals surface area contributed by atoms with Crippen LogP contribution in [0.1, 0.15) is 18.1 Å². The van der Waals surface area contributed by atoms with Crippen molar-refractivity contribution in [3.05, 3.63) is 65.7 Å². The number of amides is 1. The summed E-state index contributed by atoms with van der Waals surface area (Å²) >= 11 is 0. The van der Waals surface area contributed by atoms with Gasteiger partial charge in [-0.25, -0.2) is 9.59 Å². The number of carbonyl (C=O) groups excluding carboxylic acids is 1. The molecule has 1 atom stereocenters. The Bertz CT molecular complexity index is 930. The second-order valence-corrected chi connectivity index (χ2v) is 8.09. The quantitative estimate of drug-likeness (QED) is 0.702. The number of hydrogen-bond acceptors (Lipinski definition) is 5. The number of rotatable bonds is 4. The van der Waals surface area contributed by atoms with Crippen LogP contribution in [-0.4, -0.2) is 76.6 Å². The van der Waals surface area contributed by atoms with E-state index in [1.807, 2.05) is 11.0 Å². The molecule has 32 heavy (non-hydrogen) atoms. The number of nitrogens with zero attached hydrogens (tertiary/aromatic N) is 3. The molecule has 0 bridgehead atoms. The van der Waals surface area contributed by atoms with Gasteiger partial charge >= 0.3 is 11.9 Å². The van der Waals surface area contributed by atoms with Crippen molar-refractivity contribution in [3.8, 4) is 0 Å². The van der Waals surface area contributed by atoms with Crippen molar-refractivity contribution < 1.29 is 24.6 Å². The van der Waals surface area contributed by atoms with E-state index in [-0.39, 0.29) is 11.9 Å². The highest BCUT2D eigenvalue weighted by Gasteiger charge is 2.31. The Balaban J connectivity index is 0.000000427. The fourth-order valence-corrected chi connectivity index (χ4v) is 4.16. The molecule has 2 N–H and O–H groups in total. The van der Waals surface area contributed by atoms with Gasteiger partial charge in [-0.2, -0.15) is 0 Å². The summed E-state index contributed by atoms with van der Waals surface area (Å²) in [6, 6.07) is 19.2. The third-order valence-electron chi connectivity index (χ3n) is 5.73. The summed E-state index contributed by atoms with van der Waals surface area (Å²) in [6.07, 6.45) is 0.965. The van der Waals surface area contributed by atoms with Crippen molar-refractivity contribution in [2.24, 2.45) is 0 Å². The SMILES string of the molecule is CC1Cc2ccccc2N1C(=O)CN1CCN(Cc2ccccc2)CC1.O=C(O)C(=O)O. The molecule has 2 aliphatic heterocycles. The molecule has 1 unspecified atom stereocenters. The minimum Gasteiger partial charge on any atom is -0.473 e. The highest BCUT2D eigenvalue weighted by molar-refractivity contribution is 6.27. The number of hydrogen-bond donors (Lipinski definition) is 2. The average Bonchev–Trinajstić information content (AvgIpc) is 3.12. The lowest BCUT2D eigenvalue weighted by Gasteiger charge is -2.35. The van der Waals surface area contributed by atoms with Gasteiger partial charge in [0.2, 0.25) is 5.91 Å². The van der Waals surface area contributed by atoms with E-state index in [0.29, 0.717) is 6.54 Å². The first-order chi connectivity index (χ1) is 15.3. The Hall–Kier alpha value is -3.23. The van der Waals surface area contributed by atoms with Crippen molar-refractivity contribution >= 4 is 23.5 Å². The highest BCUT2D eigenvalue weighted by atomic mass is 16.4. The molecule has 2 heterocycles. The van der Waals surface area contributed by atoms with E-state index < -0.39 is 11.9 Å². The summed E-state index contributed by atoms with van der Waals surface area (Å²) in [5, 5.41) is 14.8. The lowest BCUT2D eigenvalue weighted by Crippen LogP contribution is -2.50. The van der Waals surface area contributed by atoms with Gasteiger partial charge in [-0.15, -0.1) is 0 Å². The predicted octanol–water partition coefficient (Wildman–Crippen LogP) is 1.94. The molecular formula is C24H29N3O5. The van der Waals surface area contributed by atoms with Gasteiger partial charge in [0.15, 0.2) is 0 Å². The van der Waals surface area contributed by atoms with E-state index in [9.17, 15) is 4.79 Å². The molecule has 0 radical (unpaired) electrons. The summed E-state index contributed by atoms with van der Waals surface area (Å²) < 4.78 is 0. The van der Waals surface area contributed by atoms with Crippen molar-refractivity contribution in [2.45, 2.75) is 25.9 Å². The highest BCUT2D eigenvalue weighted by Crippen LogP contribution is 2.31. The van der Waals surface area contributed by atoms with Gasteiger partial charge < -0.3 is 15.1 Å². The lowest BCUT2D eigenvalue weighted by molar-refractivity contribution is -0.159. The standard InChI is InChI=1S/C22H27N3O.C2H2O4/c1-18-15-20-9-5-6-10-21(20)25(18)22(26)17-24-13-11-23(12-14-24)16-19-7-3-2-4-8-19;3-1(4)2(5)6/h2-10,18H,11-17H2,1H3;(H,3,4)(H,5,6). The number of aliphatic carboxylic acids is 2. The fraction of sp³-hybridized carbons (Fsp3) is 0.375. The molecule has 0 spiro atoms. The topological polar surface area (TPSA) is 101 Å². The maximum atomic E-state index is 12.9. The van der Waals surface area contributed by atoms with Crippen LogP contribution in [0.4, 0.5) is 5.69 Å². The first-order valence-corrected chi connectivity index (χ1v) is 10.7. The number of para-hydroxylation sites is 1. The van der Waals surface area contributed by atoms with Gasteiger partial charge in [0.25, 0.3) is 0 Å². The zero-order valence-corrected chi connectivity index (χ0v) is 18.2. The van der Waals surface area contributed by atoms with Gasteiger partial charge in [0.05, 0.1) is 6.54 Å². The minimum atomic E-state index is -1.82. The summed E-state index contributed by atoms with van der Waals surface area (Å²) in [4.78, 5) is 37.9. The number of carboxylic acid groups (broad SMARTS) is 2. The largest absolute Gasteiger partial charge is 0.473 e. The second-order valence-electron chi connectivity index (χ2n) is 8.09. The van der Waals surface area contributed by atoms with Crippen molar-refractivity contribution in [1.82, 2.24) is 9.80 Å². The molecular weight excluding hydrogens is 410 g/mol. The van der Waals surface area contributed by atoms with E-state index >= 15 is 0 Å². The van der Waals surface area contributed by atoms with Crippen LogP contribution >= 0.6 is 0 Å². The van der Waals surface area contributed by atoms with Crippen molar-refractivity contribution in [3.63, 3.8) is 0 Å². The summed E-state index contributed by atoms with van der Waals surface area (Å²) in [5.74, 6) is -3.41. The molecule has 1 amide bonds. The molecule has 1 saturated heterocycles. The Morgan fingerprint density at radius 2 is 1.41 bits per heavy atom. The number of fused-ring (bicyclic) bond motifs is 1. The zero-order chi connectivity index (χ0) is 23.1. The molecule has 0 aromatic heterocycles. The van der Waals surface area contributed by atoms with Gasteiger partial charge in [0, 0.05) is 44.5 Å². The molecule has 8 heteroatoms. The molecule has 4 rings (SSSR count). The fourth-order valence-electron chi connectivity index (χ4n) is 4.16. The summed E-state index contributed by atoms with van der Waals surface area (Å²) in [6.45, 7) is 7.64. The lowest BCUT2D eigenvalue weighted by atomic mass is 10.1. The Morgan fingerprint density at radius 1 is 0.844 bits per heavy atom. The smallest absolute Gasteiger partial charge is 0.414 e. The third-order valence-corrected chi connectivity index (χ3v) is 5.73. The van der Waals surface area contributed by atoms with Crippen molar-refractivity contribution in [1.29, 1.82) is 0 Å². The van der Waals surface area contributed by atoms with Crippen LogP contribution in [-0.2, 0) is 27.3 Å². The van der Waals surface area contributed by atoms with Gasteiger partial charge in [0.1, 0.15) is 0 Å². The van der Waals surface area contributed by atoms with Crippen LogP contribution in [0.25, 0.3) is 0 Å². The normalized spacial score (nSPS) is 18.4. The number of piperazine rings is 1. The molecule has 2 aromatic rings. The average molecular weight is 440 g/mol. The summed E-state index contributed by atoms with van der Waals surface area (Å²) in [5.41, 5.74) is 3.76. The van der Waals surface area contributed by atoms with Gasteiger partial charge in [-0.3, -0.25) is 14.6 Å². The first-order valence-electron chi connectivity index (χ1n) is 10.7. The molecule has 1 fully saturated rings. The van der Waals surface area contributed by atoms with Crippen LogP contribution in [0.3, 0.4) is 0 Å². The van der Waals surface area contributed by atoms with Gasteiger partial charge in [-0.05, 0) is 30.5 Å². The molecule has 170 valence electrons. The number of carbonyl (C=O) groups is 3. The number of carboxylic acids is 2. The van der Waals surface area contributed by atoms with E-state index in [4.69, 9.17) is 19.8 Å². The molecule has 0 aliphatic carbocycles. The Labute approximate surface area is 187 Å². The van der Waals surface area contributed by atoms with E-state index in [1.165, 1.54) is 11.1 Å². The number of benzene rings is 2. The number of anilines is 1.